The molecule has 28 heavy (non-hydrogen) atoms. The molecule has 0 radical (unpaired) electrons. The zero-order valence-electron chi connectivity index (χ0n) is 16.0. The van der Waals surface area contributed by atoms with Gasteiger partial charge in [0, 0.05) is 23.5 Å². The van der Waals surface area contributed by atoms with Gasteiger partial charge in [-0.1, -0.05) is 31.5 Å². The van der Waals surface area contributed by atoms with E-state index in [-0.39, 0.29) is 23.7 Å². The molecule has 1 aromatic heterocycles. The van der Waals surface area contributed by atoms with E-state index in [0.29, 0.717) is 36.0 Å². The summed E-state index contributed by atoms with van der Waals surface area (Å²) in [5.74, 6) is 0.534. The van der Waals surface area contributed by atoms with Crippen molar-refractivity contribution >= 4 is 35.0 Å². The van der Waals surface area contributed by atoms with E-state index < -0.39 is 0 Å². The Labute approximate surface area is 169 Å². The highest BCUT2D eigenvalue weighted by molar-refractivity contribution is 6.30. The number of ether oxygens (including phenoxy) is 1. The van der Waals surface area contributed by atoms with Crippen LogP contribution in [0, 0.1) is 5.92 Å². The number of carbonyl (C=O) groups is 2. The molecule has 1 aromatic carbocycles. The minimum Gasteiger partial charge on any atom is -0.466 e. The maximum absolute atomic E-state index is 12.7. The van der Waals surface area contributed by atoms with Gasteiger partial charge in [-0.15, -0.1) is 0 Å². The monoisotopic (exact) mass is 401 g/mol. The summed E-state index contributed by atoms with van der Waals surface area (Å²) >= 11 is 6.03. The van der Waals surface area contributed by atoms with Crippen molar-refractivity contribution in [1.29, 1.82) is 0 Å². The van der Waals surface area contributed by atoms with Crippen LogP contribution < -0.4 is 10.6 Å². The number of cyclic esters (lactones) is 1. The molecule has 0 bridgehead atoms. The molecule has 3 rings (SSSR count). The lowest BCUT2D eigenvalue weighted by molar-refractivity contribution is -0.149. The number of rotatable bonds is 6. The number of amides is 1. The van der Waals surface area contributed by atoms with Gasteiger partial charge in [0.1, 0.15) is 5.82 Å². The Kier molecular flexibility index (Phi) is 6.52. The van der Waals surface area contributed by atoms with Gasteiger partial charge in [-0.05, 0) is 48.1 Å². The summed E-state index contributed by atoms with van der Waals surface area (Å²) in [5.41, 5.74) is 2.28. The van der Waals surface area contributed by atoms with Crippen LogP contribution in [0.15, 0.2) is 36.5 Å². The van der Waals surface area contributed by atoms with Crippen molar-refractivity contribution in [3.8, 4) is 0 Å². The van der Waals surface area contributed by atoms with Crippen molar-refractivity contribution in [2.24, 2.45) is 5.92 Å². The van der Waals surface area contributed by atoms with Crippen LogP contribution >= 0.6 is 11.6 Å². The molecule has 1 atom stereocenters. The number of carbonyl (C=O) groups excluding carboxylic acids is 2. The smallest absolute Gasteiger partial charge is 0.306 e. The average molecular weight is 402 g/mol. The van der Waals surface area contributed by atoms with Crippen LogP contribution in [-0.2, 0) is 9.53 Å². The Hall–Kier alpha value is -2.60. The van der Waals surface area contributed by atoms with Gasteiger partial charge in [0.15, 0.2) is 0 Å². The number of nitrogens with zero attached hydrogens (tertiary/aromatic N) is 1. The summed E-state index contributed by atoms with van der Waals surface area (Å²) in [6.07, 6.45) is 2.70. The van der Waals surface area contributed by atoms with E-state index in [0.717, 1.165) is 17.7 Å². The maximum atomic E-state index is 12.7. The van der Waals surface area contributed by atoms with E-state index in [1.165, 1.54) is 0 Å². The van der Waals surface area contributed by atoms with E-state index in [2.05, 4.69) is 15.6 Å². The second-order valence-electron chi connectivity index (χ2n) is 7.24. The standard InChI is InChI=1S/C21H24ClN3O3/c1-13(2)17-10-19(25-16-5-3-4-15(22)9-16)23-12-18(17)21(27)24-11-14-6-7-28-20(26)8-14/h3-5,9-10,12-14H,6-8,11H2,1-2H3,(H,23,25)(H,24,27). The first-order chi connectivity index (χ1) is 13.4. The number of nitrogens with one attached hydrogen (secondary N) is 2. The van der Waals surface area contributed by atoms with Gasteiger partial charge >= 0.3 is 5.97 Å². The van der Waals surface area contributed by atoms with Crippen LogP contribution in [0.25, 0.3) is 0 Å². The number of aromatic nitrogens is 1. The molecule has 1 aliphatic heterocycles. The normalized spacial score (nSPS) is 16.6. The second-order valence-corrected chi connectivity index (χ2v) is 7.67. The molecule has 1 aliphatic rings. The maximum Gasteiger partial charge on any atom is 0.306 e. The molecular weight excluding hydrogens is 378 g/mol. The number of anilines is 2. The summed E-state index contributed by atoms with van der Waals surface area (Å²) in [6, 6.07) is 9.26. The third kappa shape index (κ3) is 5.23. The van der Waals surface area contributed by atoms with Crippen LogP contribution in [-0.4, -0.2) is 30.0 Å². The van der Waals surface area contributed by atoms with E-state index >= 15 is 0 Å². The van der Waals surface area contributed by atoms with Crippen LogP contribution in [0.4, 0.5) is 11.5 Å². The van der Waals surface area contributed by atoms with Crippen molar-refractivity contribution in [2.45, 2.75) is 32.6 Å². The highest BCUT2D eigenvalue weighted by Gasteiger charge is 2.22. The predicted octanol–water partition coefficient (Wildman–Crippen LogP) is 4.29. The zero-order chi connectivity index (χ0) is 20.1. The van der Waals surface area contributed by atoms with Crippen LogP contribution in [0.2, 0.25) is 5.02 Å². The SMILES string of the molecule is CC(C)c1cc(Nc2cccc(Cl)c2)ncc1C(=O)NCC1CCOC(=O)C1. The quantitative estimate of drug-likeness (QED) is 0.706. The lowest BCUT2D eigenvalue weighted by Crippen LogP contribution is -2.34. The van der Waals surface area contributed by atoms with Crippen molar-refractivity contribution in [1.82, 2.24) is 10.3 Å². The van der Waals surface area contributed by atoms with Gasteiger partial charge in [0.25, 0.3) is 5.91 Å². The summed E-state index contributed by atoms with van der Waals surface area (Å²) < 4.78 is 4.94. The fourth-order valence-electron chi connectivity index (χ4n) is 3.16. The van der Waals surface area contributed by atoms with Crippen molar-refractivity contribution in [2.75, 3.05) is 18.5 Å². The minimum atomic E-state index is -0.202. The molecule has 6 nitrogen and oxygen atoms in total. The number of pyridine rings is 1. The highest BCUT2D eigenvalue weighted by atomic mass is 35.5. The minimum absolute atomic E-state index is 0.115. The lowest BCUT2D eigenvalue weighted by atomic mass is 9.97. The van der Waals surface area contributed by atoms with Gasteiger partial charge in [-0.2, -0.15) is 0 Å². The molecule has 0 saturated carbocycles. The highest BCUT2D eigenvalue weighted by Crippen LogP contribution is 2.25. The van der Waals surface area contributed by atoms with Crippen LogP contribution in [0.1, 0.15) is 48.5 Å². The molecular formula is C21H24ClN3O3. The first-order valence-corrected chi connectivity index (χ1v) is 9.76. The van der Waals surface area contributed by atoms with Gasteiger partial charge < -0.3 is 15.4 Å². The number of halogens is 1. The van der Waals surface area contributed by atoms with Crippen molar-refractivity contribution in [3.63, 3.8) is 0 Å². The molecule has 0 aliphatic carbocycles. The van der Waals surface area contributed by atoms with Crippen LogP contribution in [0.3, 0.4) is 0 Å². The first-order valence-electron chi connectivity index (χ1n) is 9.38. The van der Waals surface area contributed by atoms with E-state index in [4.69, 9.17) is 16.3 Å². The molecule has 1 unspecified atom stereocenters. The number of hydrogen-bond acceptors (Lipinski definition) is 5. The fraction of sp³-hybridized carbons (Fsp3) is 0.381. The Bertz CT molecular complexity index is 870. The molecule has 1 saturated heterocycles. The van der Waals surface area contributed by atoms with E-state index in [1.807, 2.05) is 38.1 Å². The van der Waals surface area contributed by atoms with Gasteiger partial charge in [-0.25, -0.2) is 4.98 Å². The zero-order valence-corrected chi connectivity index (χ0v) is 16.8. The molecule has 1 amide bonds. The lowest BCUT2D eigenvalue weighted by Gasteiger charge is -2.22. The largest absolute Gasteiger partial charge is 0.466 e. The predicted molar refractivity (Wildman–Crippen MR) is 109 cm³/mol. The molecule has 2 aromatic rings. The molecule has 148 valence electrons. The number of hydrogen-bond donors (Lipinski definition) is 2. The van der Waals surface area contributed by atoms with Gasteiger partial charge in [0.05, 0.1) is 18.6 Å². The second kappa shape index (κ2) is 9.06. The van der Waals surface area contributed by atoms with E-state index in [1.54, 1.807) is 12.3 Å². The molecule has 0 spiro atoms. The Morgan fingerprint density at radius 1 is 1.36 bits per heavy atom. The molecule has 2 heterocycles. The van der Waals surface area contributed by atoms with Crippen LogP contribution in [0.5, 0.6) is 0 Å². The Morgan fingerprint density at radius 2 is 2.18 bits per heavy atom. The number of benzene rings is 1. The summed E-state index contributed by atoms with van der Waals surface area (Å²) in [4.78, 5) is 28.5. The molecule has 2 N–H and O–H groups in total. The Balaban J connectivity index is 1.71. The summed E-state index contributed by atoms with van der Waals surface area (Å²) in [6.45, 7) is 4.94. The van der Waals surface area contributed by atoms with E-state index in [9.17, 15) is 9.59 Å². The summed E-state index contributed by atoms with van der Waals surface area (Å²) in [5, 5.41) is 6.79. The van der Waals surface area contributed by atoms with Crippen molar-refractivity contribution in [3.05, 3.63) is 52.7 Å². The fourth-order valence-corrected chi connectivity index (χ4v) is 3.35. The topological polar surface area (TPSA) is 80.3 Å². The third-order valence-electron chi connectivity index (χ3n) is 4.70. The molecule has 7 heteroatoms. The molecule has 1 fully saturated rings. The Morgan fingerprint density at radius 3 is 2.89 bits per heavy atom. The van der Waals surface area contributed by atoms with Gasteiger partial charge in [0.2, 0.25) is 0 Å². The summed E-state index contributed by atoms with van der Waals surface area (Å²) in [7, 11) is 0. The average Bonchev–Trinajstić information content (AvgIpc) is 2.66. The third-order valence-corrected chi connectivity index (χ3v) is 4.93. The first kappa shape index (κ1) is 20.1. The van der Waals surface area contributed by atoms with Crippen molar-refractivity contribution < 1.29 is 14.3 Å². The van der Waals surface area contributed by atoms with Gasteiger partial charge in [-0.3, -0.25) is 9.59 Å². The number of esters is 1.